The van der Waals surface area contributed by atoms with Crippen molar-refractivity contribution < 1.29 is 14.2 Å². The third-order valence-electron chi connectivity index (χ3n) is 2.52. The molecule has 0 spiro atoms. The van der Waals surface area contributed by atoms with Crippen LogP contribution >= 0.6 is 15.9 Å². The first-order chi connectivity index (χ1) is 7.54. The van der Waals surface area contributed by atoms with Crippen molar-refractivity contribution in [3.05, 3.63) is 34.1 Å². The van der Waals surface area contributed by atoms with Crippen LogP contribution in [0.15, 0.2) is 22.7 Å². The van der Waals surface area contributed by atoms with E-state index in [9.17, 15) is 9.50 Å². The summed E-state index contributed by atoms with van der Waals surface area (Å²) in [6, 6.07) is 4.48. The van der Waals surface area contributed by atoms with E-state index in [1.807, 2.05) is 6.92 Å². The van der Waals surface area contributed by atoms with Gasteiger partial charge in [-0.2, -0.15) is 0 Å². The van der Waals surface area contributed by atoms with Gasteiger partial charge in [-0.1, -0.05) is 22.9 Å². The van der Waals surface area contributed by atoms with Crippen LogP contribution in [0.5, 0.6) is 0 Å². The minimum atomic E-state index is -0.530. The Morgan fingerprint density at radius 3 is 2.81 bits per heavy atom. The van der Waals surface area contributed by atoms with Crippen LogP contribution in [0.25, 0.3) is 0 Å². The van der Waals surface area contributed by atoms with Gasteiger partial charge in [0, 0.05) is 17.5 Å². The van der Waals surface area contributed by atoms with E-state index in [1.54, 1.807) is 13.2 Å². The monoisotopic (exact) mass is 290 g/mol. The van der Waals surface area contributed by atoms with Crippen molar-refractivity contribution in [3.8, 4) is 0 Å². The predicted molar refractivity (Wildman–Crippen MR) is 64.9 cm³/mol. The van der Waals surface area contributed by atoms with Gasteiger partial charge < -0.3 is 9.84 Å². The van der Waals surface area contributed by atoms with Gasteiger partial charge in [0.1, 0.15) is 5.82 Å². The molecule has 16 heavy (non-hydrogen) atoms. The lowest BCUT2D eigenvalue weighted by Crippen LogP contribution is -2.24. The number of benzene rings is 1. The van der Waals surface area contributed by atoms with Crippen molar-refractivity contribution in [2.45, 2.75) is 19.4 Å². The smallest absolute Gasteiger partial charge is 0.123 e. The molecule has 0 heterocycles. The number of ether oxygens (including phenoxy) is 1. The molecular formula is C12H16BrFO2. The maximum absolute atomic E-state index is 13.0. The van der Waals surface area contributed by atoms with Gasteiger partial charge in [0.15, 0.2) is 0 Å². The number of rotatable bonds is 5. The Labute approximate surface area is 104 Å². The van der Waals surface area contributed by atoms with Crippen LogP contribution in [0.4, 0.5) is 4.39 Å². The first kappa shape index (κ1) is 13.6. The van der Waals surface area contributed by atoms with E-state index < -0.39 is 6.10 Å². The molecule has 1 aromatic carbocycles. The summed E-state index contributed by atoms with van der Waals surface area (Å²) in [5.41, 5.74) is 0.774. The third kappa shape index (κ3) is 3.85. The Bertz CT molecular complexity index is 344. The van der Waals surface area contributed by atoms with Crippen LogP contribution in [-0.4, -0.2) is 24.9 Å². The molecule has 0 amide bonds. The molecule has 90 valence electrons. The van der Waals surface area contributed by atoms with Crippen LogP contribution < -0.4 is 0 Å². The highest BCUT2D eigenvalue weighted by atomic mass is 79.9. The van der Waals surface area contributed by atoms with Gasteiger partial charge in [0.05, 0.1) is 12.7 Å². The Morgan fingerprint density at radius 2 is 2.19 bits per heavy atom. The molecule has 0 saturated carbocycles. The molecule has 0 radical (unpaired) electrons. The topological polar surface area (TPSA) is 29.5 Å². The molecule has 0 bridgehead atoms. The van der Waals surface area contributed by atoms with Crippen LogP contribution in [0.1, 0.15) is 12.5 Å². The molecule has 2 nitrogen and oxygen atoms in total. The average molecular weight is 291 g/mol. The van der Waals surface area contributed by atoms with Crippen molar-refractivity contribution >= 4 is 15.9 Å². The van der Waals surface area contributed by atoms with Crippen molar-refractivity contribution in [2.75, 3.05) is 13.7 Å². The molecule has 0 saturated heterocycles. The zero-order valence-corrected chi connectivity index (χ0v) is 11.0. The Kier molecular flexibility index (Phi) is 5.38. The fourth-order valence-corrected chi connectivity index (χ4v) is 1.91. The summed E-state index contributed by atoms with van der Waals surface area (Å²) < 4.78 is 18.8. The molecular weight excluding hydrogens is 275 g/mol. The van der Waals surface area contributed by atoms with Gasteiger partial charge in [-0.05, 0) is 30.2 Å². The summed E-state index contributed by atoms with van der Waals surface area (Å²) >= 11 is 3.34. The number of aliphatic hydroxyl groups is 1. The van der Waals surface area contributed by atoms with Crippen LogP contribution in [0.3, 0.4) is 0 Å². The molecule has 1 rings (SSSR count). The van der Waals surface area contributed by atoms with E-state index in [-0.39, 0.29) is 11.7 Å². The largest absolute Gasteiger partial charge is 0.392 e. The Hall–Kier alpha value is -0.450. The average Bonchev–Trinajstić information content (AvgIpc) is 2.23. The lowest BCUT2D eigenvalue weighted by atomic mass is 9.98. The number of methoxy groups -OCH3 is 1. The summed E-state index contributed by atoms with van der Waals surface area (Å²) in [5, 5.41) is 9.89. The lowest BCUT2D eigenvalue weighted by molar-refractivity contribution is 0.0573. The minimum Gasteiger partial charge on any atom is -0.392 e. The summed E-state index contributed by atoms with van der Waals surface area (Å²) in [6.07, 6.45) is -0.110. The molecule has 0 aliphatic rings. The van der Waals surface area contributed by atoms with Crippen LogP contribution in [0.2, 0.25) is 0 Å². The van der Waals surface area contributed by atoms with Gasteiger partial charge >= 0.3 is 0 Å². The maximum Gasteiger partial charge on any atom is 0.123 e. The van der Waals surface area contributed by atoms with E-state index in [4.69, 9.17) is 4.74 Å². The standard InChI is InChI=1S/C12H16BrFO2/c1-8(7-16-2)12(15)6-9-5-10(14)3-4-11(9)13/h3-5,8,12,15H,6-7H2,1-2H3. The normalized spacial score (nSPS) is 14.8. The van der Waals surface area contributed by atoms with Gasteiger partial charge in [0.2, 0.25) is 0 Å². The lowest BCUT2D eigenvalue weighted by Gasteiger charge is -2.18. The van der Waals surface area contributed by atoms with E-state index >= 15 is 0 Å². The molecule has 1 aromatic rings. The summed E-state index contributed by atoms with van der Waals surface area (Å²) in [7, 11) is 1.60. The van der Waals surface area contributed by atoms with Gasteiger partial charge in [-0.3, -0.25) is 0 Å². The second kappa shape index (κ2) is 6.33. The number of aliphatic hydroxyl groups excluding tert-OH is 1. The van der Waals surface area contributed by atoms with Crippen molar-refractivity contribution in [1.82, 2.24) is 0 Å². The van der Waals surface area contributed by atoms with Crippen LogP contribution in [0, 0.1) is 11.7 Å². The maximum atomic E-state index is 13.0. The molecule has 0 aliphatic heterocycles. The predicted octanol–water partition coefficient (Wildman–Crippen LogP) is 2.77. The first-order valence-electron chi connectivity index (χ1n) is 5.15. The molecule has 0 aromatic heterocycles. The summed E-state index contributed by atoms with van der Waals surface area (Å²) in [5.74, 6) is -0.259. The second-order valence-electron chi connectivity index (χ2n) is 3.94. The van der Waals surface area contributed by atoms with Crippen molar-refractivity contribution in [1.29, 1.82) is 0 Å². The SMILES string of the molecule is COCC(C)C(O)Cc1cc(F)ccc1Br. The minimum absolute atomic E-state index is 0.0279. The summed E-state index contributed by atoms with van der Waals surface area (Å²) in [4.78, 5) is 0. The van der Waals surface area contributed by atoms with E-state index in [1.165, 1.54) is 12.1 Å². The third-order valence-corrected chi connectivity index (χ3v) is 3.30. The Morgan fingerprint density at radius 1 is 1.50 bits per heavy atom. The number of hydrogen-bond donors (Lipinski definition) is 1. The first-order valence-corrected chi connectivity index (χ1v) is 5.94. The molecule has 0 fully saturated rings. The van der Waals surface area contributed by atoms with Crippen LogP contribution in [-0.2, 0) is 11.2 Å². The molecule has 2 unspecified atom stereocenters. The quantitative estimate of drug-likeness (QED) is 0.904. The molecule has 2 atom stereocenters. The fraction of sp³-hybridized carbons (Fsp3) is 0.500. The fourth-order valence-electron chi connectivity index (χ4n) is 1.50. The zero-order chi connectivity index (χ0) is 12.1. The highest BCUT2D eigenvalue weighted by Gasteiger charge is 2.16. The second-order valence-corrected chi connectivity index (χ2v) is 4.79. The highest BCUT2D eigenvalue weighted by Crippen LogP contribution is 2.21. The summed E-state index contributed by atoms with van der Waals surface area (Å²) in [6.45, 7) is 2.40. The van der Waals surface area contributed by atoms with Crippen molar-refractivity contribution in [2.24, 2.45) is 5.92 Å². The Balaban J connectivity index is 2.68. The highest BCUT2D eigenvalue weighted by molar-refractivity contribution is 9.10. The van der Waals surface area contributed by atoms with Gasteiger partial charge in [0.25, 0.3) is 0 Å². The molecule has 4 heteroatoms. The number of hydrogen-bond acceptors (Lipinski definition) is 2. The zero-order valence-electron chi connectivity index (χ0n) is 9.41. The van der Waals surface area contributed by atoms with Gasteiger partial charge in [-0.15, -0.1) is 0 Å². The van der Waals surface area contributed by atoms with Gasteiger partial charge in [-0.25, -0.2) is 4.39 Å². The molecule has 1 N–H and O–H groups in total. The molecule has 0 aliphatic carbocycles. The van der Waals surface area contributed by atoms with Crippen molar-refractivity contribution in [3.63, 3.8) is 0 Å². The van der Waals surface area contributed by atoms with E-state index in [2.05, 4.69) is 15.9 Å². The van der Waals surface area contributed by atoms with E-state index in [0.29, 0.717) is 13.0 Å². The number of halogens is 2. The van der Waals surface area contributed by atoms with E-state index in [0.717, 1.165) is 10.0 Å².